The van der Waals surface area contributed by atoms with Crippen molar-refractivity contribution in [3.63, 3.8) is 0 Å². The Kier molecular flexibility index (Phi) is 13.3. The van der Waals surface area contributed by atoms with Crippen molar-refractivity contribution >= 4 is 130 Å². The van der Waals surface area contributed by atoms with Crippen molar-refractivity contribution in [1.29, 1.82) is 0 Å². The molecule has 4 heterocycles. The molecular formula is C96H56N6. The van der Waals surface area contributed by atoms with Crippen molar-refractivity contribution in [2.24, 2.45) is 0 Å². The van der Waals surface area contributed by atoms with E-state index in [1.54, 1.807) is 0 Å². The first-order valence-corrected chi connectivity index (χ1v) is 34.3. The predicted octanol–water partition coefficient (Wildman–Crippen LogP) is 26.4. The average Bonchev–Trinajstić information content (AvgIpc) is 0.860. The Labute approximate surface area is 587 Å². The average molecular weight is 1290 g/mol. The van der Waals surface area contributed by atoms with Crippen LogP contribution in [0, 0.1) is 13.1 Å². The molecule has 0 saturated heterocycles. The van der Waals surface area contributed by atoms with Crippen LogP contribution in [0.15, 0.2) is 340 Å². The Morgan fingerprint density at radius 3 is 0.980 bits per heavy atom. The molecule has 6 heteroatoms. The number of benzene rings is 17. The number of para-hydroxylation sites is 2. The van der Waals surface area contributed by atoms with Crippen LogP contribution in [0.2, 0.25) is 0 Å². The van der Waals surface area contributed by atoms with Crippen LogP contribution in [0.4, 0.5) is 11.4 Å². The second-order valence-electron chi connectivity index (χ2n) is 26.7. The lowest BCUT2D eigenvalue weighted by atomic mass is 9.89. The van der Waals surface area contributed by atoms with Gasteiger partial charge in [-0.05, 0) is 241 Å². The Bertz CT molecular complexity index is 6910. The summed E-state index contributed by atoms with van der Waals surface area (Å²) in [7, 11) is 0. The third-order valence-corrected chi connectivity index (χ3v) is 20.9. The molecule has 0 atom stereocenters. The summed E-state index contributed by atoms with van der Waals surface area (Å²) < 4.78 is 4.54. The van der Waals surface area contributed by atoms with Gasteiger partial charge in [0.2, 0.25) is 0 Å². The van der Waals surface area contributed by atoms with Crippen LogP contribution < -0.4 is 0 Å². The first-order chi connectivity index (χ1) is 50.4. The number of hydrogen-bond acceptors (Lipinski definition) is 2. The number of hydrogen-bond donors (Lipinski definition) is 0. The Morgan fingerprint density at radius 2 is 0.559 bits per heavy atom. The highest BCUT2D eigenvalue weighted by molar-refractivity contribution is 6.26. The van der Waals surface area contributed by atoms with E-state index in [9.17, 15) is 0 Å². The van der Waals surface area contributed by atoms with Crippen LogP contribution in [-0.2, 0) is 0 Å². The summed E-state index contributed by atoms with van der Waals surface area (Å²) in [6, 6.07) is 115. The standard InChI is InChI=1S/C51H30N2.C45H26N4/c1-52-44-21-23-47-46-22-20-37(30-48(46)53(49(47)31-44)45-10-6-3-7-11-45)35-13-12-34-25-36(15-14-33(34)24-35)43-28-40-18-16-38-26-42(32-8-4-2-5-9-32)27-39-17-19-41(29-43)51(40)50(38)39;1-46-37-15-17-40-39-16-13-28(24-42(39)49(43(40)25-37)38-7-3-2-4-8-38)34-14-18-41(48-27-34)36-22-31-11-9-29-20-35(33-6-5-19-47-26-33)21-30-10-12-32(23-36)45(31)44(29)30/h2-31H;2-27H. The van der Waals surface area contributed by atoms with Crippen molar-refractivity contribution in [3.05, 3.63) is 363 Å². The zero-order valence-electron chi connectivity index (χ0n) is 55.0. The molecule has 102 heavy (non-hydrogen) atoms. The van der Waals surface area contributed by atoms with Gasteiger partial charge in [0, 0.05) is 79.2 Å². The van der Waals surface area contributed by atoms with E-state index < -0.39 is 0 Å². The Hall–Kier alpha value is -14.0. The van der Waals surface area contributed by atoms with E-state index in [1.807, 2.05) is 61.1 Å². The summed E-state index contributed by atoms with van der Waals surface area (Å²) >= 11 is 0. The zero-order chi connectivity index (χ0) is 67.5. The van der Waals surface area contributed by atoms with Gasteiger partial charge in [0.1, 0.15) is 0 Å². The van der Waals surface area contributed by atoms with Gasteiger partial charge >= 0.3 is 0 Å². The van der Waals surface area contributed by atoms with E-state index in [2.05, 4.69) is 303 Å². The second kappa shape index (κ2) is 23.3. The van der Waals surface area contributed by atoms with Crippen molar-refractivity contribution in [2.75, 3.05) is 0 Å². The molecule has 0 fully saturated rings. The topological polar surface area (TPSA) is 44.4 Å². The van der Waals surface area contributed by atoms with Gasteiger partial charge < -0.3 is 9.13 Å². The third-order valence-electron chi connectivity index (χ3n) is 20.9. The maximum absolute atomic E-state index is 7.62. The fraction of sp³-hybridized carbons (Fsp3) is 0. The van der Waals surface area contributed by atoms with Gasteiger partial charge in [-0.15, -0.1) is 0 Å². The van der Waals surface area contributed by atoms with Gasteiger partial charge in [-0.25, -0.2) is 9.69 Å². The molecule has 6 nitrogen and oxygen atoms in total. The largest absolute Gasteiger partial charge is 0.310 e. The Morgan fingerprint density at radius 1 is 0.235 bits per heavy atom. The van der Waals surface area contributed by atoms with E-state index in [4.69, 9.17) is 18.1 Å². The molecule has 0 N–H and O–H groups in total. The van der Waals surface area contributed by atoms with Gasteiger partial charge in [0.25, 0.3) is 0 Å². The SMILES string of the molecule is [C-]#[N+]c1ccc2c3ccc(-c4ccc(-c5cc6ccc7cc(-c8cccnc8)cc8ccc(c5)c6c78)nc4)cc3n(-c3ccccc3)c2c1.[C-]#[N+]c1ccc2c3ccc(-c4ccc5cc(-c6cc7ccc8cc(-c9ccccc9)cc9ccc(c6)c7c89)ccc5c4)cc3n(-c3ccccc3)c2c1. The van der Waals surface area contributed by atoms with Crippen LogP contribution in [0.25, 0.3) is 207 Å². The summed E-state index contributed by atoms with van der Waals surface area (Å²) in [5.74, 6) is 0. The summed E-state index contributed by atoms with van der Waals surface area (Å²) in [5, 5.41) is 22.3. The first-order valence-electron chi connectivity index (χ1n) is 34.3. The van der Waals surface area contributed by atoms with E-state index >= 15 is 0 Å². The molecule has 0 aliphatic carbocycles. The maximum Gasteiger partial charge on any atom is 0.189 e. The van der Waals surface area contributed by atoms with E-state index in [0.717, 1.165) is 83.1 Å². The molecule has 21 rings (SSSR count). The van der Waals surface area contributed by atoms with Gasteiger partial charge in [0.05, 0.1) is 29.9 Å². The Balaban J connectivity index is 0.000000137. The van der Waals surface area contributed by atoms with Crippen molar-refractivity contribution in [2.45, 2.75) is 0 Å². The van der Waals surface area contributed by atoms with Gasteiger partial charge in [-0.3, -0.25) is 9.97 Å². The summed E-state index contributed by atoms with van der Waals surface area (Å²) in [6.07, 6.45) is 5.72. The highest BCUT2D eigenvalue weighted by Crippen LogP contribution is 2.45. The zero-order valence-corrected chi connectivity index (χ0v) is 55.0. The molecule has 0 unspecified atom stereocenters. The molecule has 0 aliphatic heterocycles. The number of aromatic nitrogens is 4. The van der Waals surface area contributed by atoms with E-state index in [0.29, 0.717) is 11.4 Å². The molecule has 0 saturated carbocycles. The quantitative estimate of drug-likeness (QED) is 0.112. The highest BCUT2D eigenvalue weighted by atomic mass is 15.0. The molecule has 0 amide bonds. The first kappa shape index (κ1) is 58.1. The van der Waals surface area contributed by atoms with Crippen LogP contribution in [-0.4, -0.2) is 19.1 Å². The normalized spacial score (nSPS) is 11.7. The molecule has 0 aliphatic rings. The molecule has 0 radical (unpaired) electrons. The van der Waals surface area contributed by atoms with Crippen LogP contribution in [0.5, 0.6) is 0 Å². The molecule has 21 aromatic rings. The fourth-order valence-electron chi connectivity index (χ4n) is 16.1. The highest BCUT2D eigenvalue weighted by Gasteiger charge is 2.20. The lowest BCUT2D eigenvalue weighted by Gasteiger charge is -2.15. The van der Waals surface area contributed by atoms with Gasteiger partial charge in [0.15, 0.2) is 11.4 Å². The maximum atomic E-state index is 7.62. The minimum absolute atomic E-state index is 0.634. The van der Waals surface area contributed by atoms with Crippen LogP contribution in [0.1, 0.15) is 0 Å². The van der Waals surface area contributed by atoms with Crippen molar-refractivity contribution < 1.29 is 0 Å². The van der Waals surface area contributed by atoms with Crippen molar-refractivity contribution in [1.82, 2.24) is 19.1 Å². The van der Waals surface area contributed by atoms with E-state index in [1.165, 1.54) is 114 Å². The van der Waals surface area contributed by atoms with E-state index in [-0.39, 0.29) is 0 Å². The smallest absolute Gasteiger partial charge is 0.189 e. The van der Waals surface area contributed by atoms with Crippen LogP contribution in [0.3, 0.4) is 0 Å². The van der Waals surface area contributed by atoms with Crippen LogP contribution >= 0.6 is 0 Å². The molecule has 0 bridgehead atoms. The molecule has 0 spiro atoms. The van der Waals surface area contributed by atoms with Gasteiger partial charge in [-0.1, -0.05) is 200 Å². The number of rotatable bonds is 8. The molecular weight excluding hydrogens is 1240 g/mol. The predicted molar refractivity (Wildman–Crippen MR) is 427 cm³/mol. The minimum Gasteiger partial charge on any atom is -0.310 e. The summed E-state index contributed by atoms with van der Waals surface area (Å²) in [5.41, 5.74) is 21.5. The summed E-state index contributed by atoms with van der Waals surface area (Å²) in [4.78, 5) is 16.7. The lowest BCUT2D eigenvalue weighted by molar-refractivity contribution is 1.18. The van der Waals surface area contributed by atoms with Crippen molar-refractivity contribution in [3.8, 4) is 78.3 Å². The lowest BCUT2D eigenvalue weighted by Crippen LogP contribution is -1.93. The third kappa shape index (κ3) is 9.62. The monoisotopic (exact) mass is 1290 g/mol. The molecule has 17 aromatic carbocycles. The fourth-order valence-corrected chi connectivity index (χ4v) is 16.1. The molecule has 4 aromatic heterocycles. The summed E-state index contributed by atoms with van der Waals surface area (Å²) in [6.45, 7) is 15.2. The minimum atomic E-state index is 0.634. The van der Waals surface area contributed by atoms with Gasteiger partial charge in [-0.2, -0.15) is 0 Å². The molecule has 470 valence electrons. The second-order valence-corrected chi connectivity index (χ2v) is 26.7. The number of pyridine rings is 2. The number of nitrogens with zero attached hydrogens (tertiary/aromatic N) is 6. The number of fused-ring (bicyclic) bond motifs is 7.